The maximum absolute atomic E-state index is 11.9. The van der Waals surface area contributed by atoms with Gasteiger partial charge in [0.2, 0.25) is 11.8 Å². The molecule has 23 heavy (non-hydrogen) atoms. The summed E-state index contributed by atoms with van der Waals surface area (Å²) in [5.74, 6) is 1.29. The first-order valence-corrected chi connectivity index (χ1v) is 8.53. The van der Waals surface area contributed by atoms with Crippen LogP contribution in [0, 0.1) is 6.92 Å². The Morgan fingerprint density at radius 2 is 2.17 bits per heavy atom. The summed E-state index contributed by atoms with van der Waals surface area (Å²) in [6, 6.07) is 2.11. The third kappa shape index (κ3) is 6.80. The van der Waals surface area contributed by atoms with Crippen LogP contribution in [0.5, 0.6) is 0 Å². The van der Waals surface area contributed by atoms with Gasteiger partial charge in [0.1, 0.15) is 5.76 Å². The molecular formula is C14H23ClN4O3S. The van der Waals surface area contributed by atoms with Gasteiger partial charge < -0.3 is 20.5 Å². The summed E-state index contributed by atoms with van der Waals surface area (Å²) in [7, 11) is 0. The van der Waals surface area contributed by atoms with Crippen LogP contribution >= 0.6 is 24.2 Å². The molecule has 1 saturated heterocycles. The molecule has 0 saturated carbocycles. The van der Waals surface area contributed by atoms with E-state index < -0.39 is 0 Å². The van der Waals surface area contributed by atoms with Crippen LogP contribution in [0.3, 0.4) is 0 Å². The third-order valence-corrected chi connectivity index (χ3v) is 4.40. The minimum atomic E-state index is -0.196. The minimum absolute atomic E-state index is 0. The average Bonchev–Trinajstić information content (AvgIpc) is 2.86. The molecule has 0 radical (unpaired) electrons. The molecule has 9 heteroatoms. The first kappa shape index (κ1) is 19.8. The van der Waals surface area contributed by atoms with E-state index in [-0.39, 0.29) is 41.8 Å². The topological polar surface area (TPSA) is 96.3 Å². The van der Waals surface area contributed by atoms with Gasteiger partial charge >= 0.3 is 0 Å². The van der Waals surface area contributed by atoms with Crippen molar-refractivity contribution in [3.8, 4) is 0 Å². The fourth-order valence-corrected chi connectivity index (χ4v) is 2.96. The van der Waals surface area contributed by atoms with Crippen LogP contribution in [0.2, 0.25) is 0 Å². The maximum Gasteiger partial charge on any atom is 0.235 e. The number of nitrogens with zero attached hydrogens (tertiary/aromatic N) is 1. The summed E-state index contributed by atoms with van der Waals surface area (Å²) in [4.78, 5) is 23.6. The minimum Gasteiger partial charge on any atom is -0.360 e. The number of thioether (sulfide) groups is 1. The molecule has 0 aliphatic carbocycles. The zero-order chi connectivity index (χ0) is 15.9. The number of piperidine rings is 1. The van der Waals surface area contributed by atoms with Gasteiger partial charge in [-0.25, -0.2) is 0 Å². The summed E-state index contributed by atoms with van der Waals surface area (Å²) >= 11 is 1.28. The van der Waals surface area contributed by atoms with Crippen molar-refractivity contribution in [3.05, 3.63) is 11.8 Å². The standard InChI is InChI=1S/C14H22N4O3S.ClH/c1-9-6-12(18-21-9)17-14(20)8-22-7-13(19)16-11-4-3-5-15-10(11)2;/h6,10-11,15H,3-5,7-8H2,1-2H3,(H,16,19)(H,17,18,20);1H. The van der Waals surface area contributed by atoms with E-state index in [0.29, 0.717) is 17.6 Å². The Morgan fingerprint density at radius 1 is 1.43 bits per heavy atom. The normalized spacial score (nSPS) is 20.4. The number of aryl methyl sites for hydroxylation is 1. The van der Waals surface area contributed by atoms with Crippen molar-refractivity contribution < 1.29 is 14.1 Å². The largest absolute Gasteiger partial charge is 0.360 e. The number of hydrogen-bond acceptors (Lipinski definition) is 6. The highest BCUT2D eigenvalue weighted by atomic mass is 35.5. The number of hydrogen-bond donors (Lipinski definition) is 3. The second-order valence-corrected chi connectivity index (χ2v) is 6.41. The quantitative estimate of drug-likeness (QED) is 0.706. The van der Waals surface area contributed by atoms with Crippen LogP contribution in [-0.2, 0) is 9.59 Å². The highest BCUT2D eigenvalue weighted by molar-refractivity contribution is 8.00. The molecule has 0 bridgehead atoms. The number of anilines is 1. The van der Waals surface area contributed by atoms with E-state index in [1.54, 1.807) is 13.0 Å². The van der Waals surface area contributed by atoms with Gasteiger partial charge in [-0.05, 0) is 33.2 Å². The van der Waals surface area contributed by atoms with Crippen LogP contribution in [0.15, 0.2) is 10.6 Å². The predicted molar refractivity (Wildman–Crippen MR) is 93.1 cm³/mol. The summed E-state index contributed by atoms with van der Waals surface area (Å²) < 4.78 is 4.86. The molecule has 1 aromatic heterocycles. The van der Waals surface area contributed by atoms with Gasteiger partial charge in [-0.15, -0.1) is 24.2 Å². The number of carbonyl (C=O) groups excluding carboxylic acids is 2. The lowest BCUT2D eigenvalue weighted by Gasteiger charge is -2.30. The fourth-order valence-electron chi connectivity index (χ4n) is 2.33. The van der Waals surface area contributed by atoms with Crippen LogP contribution < -0.4 is 16.0 Å². The van der Waals surface area contributed by atoms with Gasteiger partial charge in [0.25, 0.3) is 0 Å². The van der Waals surface area contributed by atoms with Crippen molar-refractivity contribution in [1.82, 2.24) is 15.8 Å². The van der Waals surface area contributed by atoms with E-state index in [1.165, 1.54) is 11.8 Å². The van der Waals surface area contributed by atoms with Gasteiger partial charge in [-0.2, -0.15) is 0 Å². The van der Waals surface area contributed by atoms with Crippen LogP contribution in [0.1, 0.15) is 25.5 Å². The molecule has 3 N–H and O–H groups in total. The van der Waals surface area contributed by atoms with Crippen molar-refractivity contribution >= 4 is 41.8 Å². The van der Waals surface area contributed by atoms with E-state index in [9.17, 15) is 9.59 Å². The Balaban J connectivity index is 0.00000264. The van der Waals surface area contributed by atoms with Gasteiger partial charge in [-0.1, -0.05) is 5.16 Å². The van der Waals surface area contributed by atoms with Gasteiger partial charge in [0, 0.05) is 18.2 Å². The van der Waals surface area contributed by atoms with Crippen molar-refractivity contribution in [2.24, 2.45) is 0 Å². The Bertz CT molecular complexity index is 526. The molecule has 130 valence electrons. The number of nitrogens with one attached hydrogen (secondary N) is 3. The van der Waals surface area contributed by atoms with Crippen molar-refractivity contribution in [2.45, 2.75) is 38.8 Å². The predicted octanol–water partition coefficient (Wildman–Crippen LogP) is 1.33. The molecule has 2 heterocycles. The van der Waals surface area contributed by atoms with Crippen LogP contribution in [-0.4, -0.2) is 47.1 Å². The number of rotatable bonds is 6. The Kier molecular flexibility index (Phi) is 8.43. The van der Waals surface area contributed by atoms with Gasteiger partial charge in [0.15, 0.2) is 5.82 Å². The fraction of sp³-hybridized carbons (Fsp3) is 0.643. The average molecular weight is 363 g/mol. The lowest BCUT2D eigenvalue weighted by Crippen LogP contribution is -2.52. The molecule has 7 nitrogen and oxygen atoms in total. The smallest absolute Gasteiger partial charge is 0.235 e. The second kappa shape index (κ2) is 9.79. The zero-order valence-electron chi connectivity index (χ0n) is 13.3. The summed E-state index contributed by atoms with van der Waals surface area (Å²) in [6.07, 6.45) is 2.07. The molecule has 1 fully saturated rings. The monoisotopic (exact) mass is 362 g/mol. The second-order valence-electron chi connectivity index (χ2n) is 5.42. The Labute approximate surface area is 146 Å². The van der Waals surface area contributed by atoms with E-state index in [2.05, 4.69) is 28.0 Å². The Hall–Kier alpha value is -1.25. The number of amides is 2. The highest BCUT2D eigenvalue weighted by Gasteiger charge is 2.22. The zero-order valence-corrected chi connectivity index (χ0v) is 14.9. The van der Waals surface area contributed by atoms with Gasteiger partial charge in [-0.3, -0.25) is 9.59 Å². The van der Waals surface area contributed by atoms with Crippen LogP contribution in [0.25, 0.3) is 0 Å². The first-order valence-electron chi connectivity index (χ1n) is 7.38. The molecular weight excluding hydrogens is 340 g/mol. The van der Waals surface area contributed by atoms with E-state index in [1.807, 2.05) is 0 Å². The Morgan fingerprint density at radius 3 is 2.83 bits per heavy atom. The van der Waals surface area contributed by atoms with Crippen molar-refractivity contribution in [1.29, 1.82) is 0 Å². The third-order valence-electron chi connectivity index (χ3n) is 3.47. The van der Waals surface area contributed by atoms with E-state index >= 15 is 0 Å². The molecule has 0 aromatic carbocycles. The molecule has 2 unspecified atom stereocenters. The lowest BCUT2D eigenvalue weighted by molar-refractivity contribution is -0.119. The highest BCUT2D eigenvalue weighted by Crippen LogP contribution is 2.10. The van der Waals surface area contributed by atoms with Gasteiger partial charge in [0.05, 0.1) is 11.5 Å². The molecule has 2 atom stereocenters. The van der Waals surface area contributed by atoms with Crippen molar-refractivity contribution in [2.75, 3.05) is 23.4 Å². The SMILES string of the molecule is Cc1cc(NC(=O)CSCC(=O)NC2CCCNC2C)no1.Cl. The number of carbonyl (C=O) groups is 2. The first-order chi connectivity index (χ1) is 10.5. The number of halogens is 1. The molecule has 1 aromatic rings. The summed E-state index contributed by atoms with van der Waals surface area (Å²) in [5.41, 5.74) is 0. The molecule has 0 spiro atoms. The van der Waals surface area contributed by atoms with Crippen LogP contribution in [0.4, 0.5) is 5.82 Å². The summed E-state index contributed by atoms with van der Waals surface area (Å²) in [5, 5.41) is 12.7. The number of aromatic nitrogens is 1. The maximum atomic E-state index is 11.9. The molecule has 2 rings (SSSR count). The van der Waals surface area contributed by atoms with Crippen molar-refractivity contribution in [3.63, 3.8) is 0 Å². The van der Waals surface area contributed by atoms with E-state index in [4.69, 9.17) is 4.52 Å². The molecule has 1 aliphatic heterocycles. The molecule has 1 aliphatic rings. The molecule has 2 amide bonds. The lowest BCUT2D eigenvalue weighted by atomic mass is 10.00. The summed E-state index contributed by atoms with van der Waals surface area (Å²) in [6.45, 7) is 4.83. The van der Waals surface area contributed by atoms with E-state index in [0.717, 1.165) is 19.4 Å².